The second-order valence-electron chi connectivity index (χ2n) is 7.13. The zero-order valence-corrected chi connectivity index (χ0v) is 16.4. The molecule has 1 aromatic heterocycles. The summed E-state index contributed by atoms with van der Waals surface area (Å²) in [5.74, 6) is -2.49. The molecule has 9 heteroatoms. The molecule has 0 bridgehead atoms. The molecular formula is C21H22O9. The molecule has 0 saturated heterocycles. The first kappa shape index (κ1) is 21.4. The van der Waals surface area contributed by atoms with E-state index >= 15 is 0 Å². The maximum Gasteiger partial charge on any atom is 0.202 e. The van der Waals surface area contributed by atoms with Gasteiger partial charge in [0.1, 0.15) is 22.6 Å². The predicted octanol–water partition coefficient (Wildman–Crippen LogP) is 2.44. The average molecular weight is 418 g/mol. The lowest BCUT2D eigenvalue weighted by molar-refractivity contribution is 0.181. The predicted molar refractivity (Wildman–Crippen MR) is 106 cm³/mol. The van der Waals surface area contributed by atoms with Crippen molar-refractivity contribution in [2.24, 2.45) is 0 Å². The highest BCUT2D eigenvalue weighted by atomic mass is 16.3. The van der Waals surface area contributed by atoms with Crippen molar-refractivity contribution in [2.75, 3.05) is 0 Å². The van der Waals surface area contributed by atoms with Crippen LogP contribution in [-0.4, -0.2) is 35.7 Å². The zero-order chi connectivity index (χ0) is 22.5. The Morgan fingerprint density at radius 1 is 0.767 bits per heavy atom. The summed E-state index contributed by atoms with van der Waals surface area (Å²) in [6, 6.07) is 3.59. The van der Waals surface area contributed by atoms with Crippen LogP contribution in [0.4, 0.5) is 0 Å². The van der Waals surface area contributed by atoms with Crippen molar-refractivity contribution in [2.45, 2.75) is 39.1 Å². The topological polar surface area (TPSA) is 172 Å². The van der Waals surface area contributed by atoms with E-state index in [0.717, 1.165) is 12.1 Å². The molecule has 30 heavy (non-hydrogen) atoms. The average Bonchev–Trinajstić information content (AvgIpc) is 2.62. The molecule has 1 heterocycles. The summed E-state index contributed by atoms with van der Waals surface area (Å²) in [6.45, 7) is 3.85. The Morgan fingerprint density at radius 2 is 1.33 bits per heavy atom. The van der Waals surface area contributed by atoms with Crippen molar-refractivity contribution in [3.8, 4) is 34.3 Å². The highest BCUT2D eigenvalue weighted by molar-refractivity contribution is 5.92. The number of phenolic OH excluding ortho intramolecular Hbond substituents is 4. The standard InChI is InChI=1S/C21H22O9/c1-7(22)13-17(27)15(9(3)24)21-16(18(13)28)19(29)14(8(2)23)20(30-21)10-4-5-11(25)12(26)6-10/h4-9,22-28H,1-3H3. The van der Waals surface area contributed by atoms with Crippen molar-refractivity contribution < 1.29 is 40.2 Å². The van der Waals surface area contributed by atoms with E-state index < -0.39 is 52.1 Å². The number of rotatable bonds is 4. The summed E-state index contributed by atoms with van der Waals surface area (Å²) >= 11 is 0. The summed E-state index contributed by atoms with van der Waals surface area (Å²) in [5, 5.41) is 70.5. The quantitative estimate of drug-likeness (QED) is 0.314. The number of benzene rings is 2. The summed E-state index contributed by atoms with van der Waals surface area (Å²) in [5.41, 5.74) is -1.94. The first-order valence-corrected chi connectivity index (χ1v) is 9.12. The smallest absolute Gasteiger partial charge is 0.202 e. The molecular weight excluding hydrogens is 396 g/mol. The van der Waals surface area contributed by atoms with Crippen LogP contribution in [0.3, 0.4) is 0 Å². The lowest BCUT2D eigenvalue weighted by atomic mass is 9.94. The number of aliphatic hydroxyl groups excluding tert-OH is 3. The fourth-order valence-electron chi connectivity index (χ4n) is 3.49. The Balaban J connectivity index is 2.59. The van der Waals surface area contributed by atoms with Crippen molar-refractivity contribution in [1.29, 1.82) is 0 Å². The molecule has 0 fully saturated rings. The molecule has 0 spiro atoms. The van der Waals surface area contributed by atoms with Crippen LogP contribution in [0, 0.1) is 0 Å². The van der Waals surface area contributed by atoms with Gasteiger partial charge in [0.2, 0.25) is 5.43 Å². The van der Waals surface area contributed by atoms with Gasteiger partial charge >= 0.3 is 0 Å². The molecule has 0 aliphatic carbocycles. The third-order valence-electron chi connectivity index (χ3n) is 4.89. The summed E-state index contributed by atoms with van der Waals surface area (Å²) in [6.07, 6.45) is -4.10. The van der Waals surface area contributed by atoms with Gasteiger partial charge in [-0.1, -0.05) is 0 Å². The molecule has 3 atom stereocenters. The molecule has 0 amide bonds. The van der Waals surface area contributed by atoms with Gasteiger partial charge in [-0.2, -0.15) is 0 Å². The first-order chi connectivity index (χ1) is 14.0. The molecule has 0 radical (unpaired) electrons. The normalized spacial score (nSPS) is 14.6. The Kier molecular flexibility index (Phi) is 5.38. The molecule has 0 saturated carbocycles. The number of aromatic hydroxyl groups is 4. The number of phenols is 4. The fraction of sp³-hybridized carbons (Fsp3) is 0.286. The molecule has 7 N–H and O–H groups in total. The van der Waals surface area contributed by atoms with Crippen molar-refractivity contribution in [1.82, 2.24) is 0 Å². The van der Waals surface area contributed by atoms with Gasteiger partial charge < -0.3 is 40.2 Å². The van der Waals surface area contributed by atoms with E-state index in [1.165, 1.54) is 26.8 Å². The van der Waals surface area contributed by atoms with Gasteiger partial charge in [-0.25, -0.2) is 0 Å². The monoisotopic (exact) mass is 418 g/mol. The molecule has 2 aromatic carbocycles. The van der Waals surface area contributed by atoms with E-state index in [1.807, 2.05) is 0 Å². The largest absolute Gasteiger partial charge is 0.507 e. The van der Waals surface area contributed by atoms with Crippen molar-refractivity contribution >= 4 is 11.0 Å². The lowest BCUT2D eigenvalue weighted by Crippen LogP contribution is -2.16. The zero-order valence-electron chi connectivity index (χ0n) is 16.4. The Hall–Kier alpha value is -3.27. The van der Waals surface area contributed by atoms with Crippen LogP contribution < -0.4 is 5.43 Å². The maximum atomic E-state index is 13.3. The number of fused-ring (bicyclic) bond motifs is 1. The van der Waals surface area contributed by atoms with Gasteiger partial charge in [0, 0.05) is 5.56 Å². The van der Waals surface area contributed by atoms with Gasteiger partial charge in [0.25, 0.3) is 0 Å². The Labute approximate surface area is 170 Å². The third-order valence-corrected chi connectivity index (χ3v) is 4.89. The minimum absolute atomic E-state index is 0.121. The van der Waals surface area contributed by atoms with Crippen LogP contribution in [-0.2, 0) is 0 Å². The summed E-state index contributed by atoms with van der Waals surface area (Å²) < 4.78 is 5.79. The highest BCUT2D eigenvalue weighted by Gasteiger charge is 2.30. The summed E-state index contributed by atoms with van der Waals surface area (Å²) in [4.78, 5) is 13.3. The number of hydrogen-bond donors (Lipinski definition) is 7. The minimum Gasteiger partial charge on any atom is -0.507 e. The SMILES string of the molecule is CC(O)c1c(O)c(C(C)O)c2oc(-c3ccc(O)c(O)c3)c(C(C)O)c(=O)c2c1O. The molecule has 0 aliphatic heterocycles. The molecule has 3 unspecified atom stereocenters. The first-order valence-electron chi connectivity index (χ1n) is 9.12. The summed E-state index contributed by atoms with van der Waals surface area (Å²) in [7, 11) is 0. The van der Waals surface area contributed by atoms with E-state index in [1.54, 1.807) is 0 Å². The third kappa shape index (κ3) is 3.22. The van der Waals surface area contributed by atoms with Gasteiger partial charge in [0.15, 0.2) is 17.1 Å². The van der Waals surface area contributed by atoms with Crippen molar-refractivity contribution in [3.05, 3.63) is 45.1 Å². The van der Waals surface area contributed by atoms with Gasteiger partial charge in [-0.05, 0) is 39.0 Å². The molecule has 9 nitrogen and oxygen atoms in total. The fourth-order valence-corrected chi connectivity index (χ4v) is 3.49. The minimum atomic E-state index is -1.38. The van der Waals surface area contributed by atoms with E-state index in [-0.39, 0.29) is 33.6 Å². The van der Waals surface area contributed by atoms with Crippen LogP contribution in [0.2, 0.25) is 0 Å². The van der Waals surface area contributed by atoms with Crippen LogP contribution in [0.5, 0.6) is 23.0 Å². The lowest BCUT2D eigenvalue weighted by Gasteiger charge is -2.20. The molecule has 0 aliphatic rings. The molecule has 3 rings (SSSR count). The molecule has 160 valence electrons. The van der Waals surface area contributed by atoms with Crippen LogP contribution in [0.1, 0.15) is 55.8 Å². The van der Waals surface area contributed by atoms with E-state index in [2.05, 4.69) is 0 Å². The second kappa shape index (κ2) is 7.52. The number of aliphatic hydroxyl groups is 3. The van der Waals surface area contributed by atoms with Crippen LogP contribution >= 0.6 is 0 Å². The van der Waals surface area contributed by atoms with E-state index in [4.69, 9.17) is 4.42 Å². The maximum absolute atomic E-state index is 13.3. The van der Waals surface area contributed by atoms with Gasteiger partial charge in [-0.15, -0.1) is 0 Å². The molecule has 3 aromatic rings. The van der Waals surface area contributed by atoms with Crippen LogP contribution in [0.15, 0.2) is 27.4 Å². The Bertz CT molecular complexity index is 1190. The van der Waals surface area contributed by atoms with Crippen molar-refractivity contribution in [3.63, 3.8) is 0 Å². The van der Waals surface area contributed by atoms with E-state index in [0.29, 0.717) is 0 Å². The Morgan fingerprint density at radius 3 is 1.83 bits per heavy atom. The highest BCUT2D eigenvalue weighted by Crippen LogP contribution is 2.46. The van der Waals surface area contributed by atoms with Crippen LogP contribution in [0.25, 0.3) is 22.3 Å². The number of hydrogen-bond acceptors (Lipinski definition) is 9. The second-order valence-corrected chi connectivity index (χ2v) is 7.13. The van der Waals surface area contributed by atoms with Gasteiger partial charge in [-0.3, -0.25) is 4.79 Å². The van der Waals surface area contributed by atoms with E-state index in [9.17, 15) is 40.5 Å². The van der Waals surface area contributed by atoms with Gasteiger partial charge in [0.05, 0.1) is 35.0 Å².